The van der Waals surface area contributed by atoms with Gasteiger partial charge in [-0.25, -0.2) is 4.98 Å². The summed E-state index contributed by atoms with van der Waals surface area (Å²) in [5.41, 5.74) is 7.61. The maximum Gasteiger partial charge on any atom is 0.186 e. The summed E-state index contributed by atoms with van der Waals surface area (Å²) >= 11 is 1.70. The first kappa shape index (κ1) is 12.7. The van der Waals surface area contributed by atoms with E-state index in [2.05, 4.69) is 14.8 Å². The van der Waals surface area contributed by atoms with Gasteiger partial charge in [0.15, 0.2) is 5.13 Å². The number of hydrogen-bond donors (Lipinski definition) is 2. The predicted octanol–water partition coefficient (Wildman–Crippen LogP) is 0.993. The average Bonchev–Trinajstić information content (AvgIpc) is 2.83. The Kier molecular flexibility index (Phi) is 3.54. The minimum atomic E-state index is 0.237. The molecule has 1 fully saturated rings. The number of piperazine rings is 1. The lowest BCUT2D eigenvalue weighted by molar-refractivity contribution is 0.189. The van der Waals surface area contributed by atoms with Crippen LogP contribution in [0.15, 0.2) is 18.2 Å². The van der Waals surface area contributed by atoms with Gasteiger partial charge in [-0.1, -0.05) is 11.3 Å². The van der Waals surface area contributed by atoms with Gasteiger partial charge in [0.05, 0.1) is 16.8 Å². The molecule has 0 radical (unpaired) electrons. The van der Waals surface area contributed by atoms with Gasteiger partial charge in [-0.2, -0.15) is 0 Å². The smallest absolute Gasteiger partial charge is 0.186 e. The molecule has 0 bridgehead atoms. The zero-order chi connectivity index (χ0) is 13.2. The zero-order valence-electron chi connectivity index (χ0n) is 10.7. The topological polar surface area (TPSA) is 65.6 Å². The van der Waals surface area contributed by atoms with Crippen molar-refractivity contribution >= 4 is 32.4 Å². The molecule has 1 aliphatic rings. The van der Waals surface area contributed by atoms with Crippen molar-refractivity contribution in [1.82, 2.24) is 9.88 Å². The molecule has 0 unspecified atom stereocenters. The first-order valence-corrected chi connectivity index (χ1v) is 7.32. The van der Waals surface area contributed by atoms with Crippen LogP contribution in [0, 0.1) is 0 Å². The normalized spacial score (nSPS) is 17.2. The molecule has 0 aliphatic carbocycles. The molecule has 3 rings (SSSR count). The molecule has 1 aromatic carbocycles. The number of aliphatic hydroxyl groups excluding tert-OH is 1. The Morgan fingerprint density at radius 2 is 2.05 bits per heavy atom. The van der Waals surface area contributed by atoms with E-state index in [9.17, 15) is 0 Å². The van der Waals surface area contributed by atoms with E-state index in [0.29, 0.717) is 0 Å². The van der Waals surface area contributed by atoms with E-state index in [-0.39, 0.29) is 6.61 Å². The highest BCUT2D eigenvalue weighted by Gasteiger charge is 2.19. The molecule has 1 saturated heterocycles. The van der Waals surface area contributed by atoms with Gasteiger partial charge in [0.25, 0.3) is 0 Å². The van der Waals surface area contributed by atoms with Gasteiger partial charge in [0.2, 0.25) is 0 Å². The average molecular weight is 278 g/mol. The molecule has 5 nitrogen and oxygen atoms in total. The molecule has 6 heteroatoms. The SMILES string of the molecule is Nc1ccc2nc(N3CCN(CCO)CC3)sc2c1. The van der Waals surface area contributed by atoms with Crippen LogP contribution in [0.5, 0.6) is 0 Å². The number of β-amino-alcohol motifs (C(OH)–C–C–N with tert-alkyl or cyclic N) is 1. The molecule has 0 amide bonds. The van der Waals surface area contributed by atoms with Crippen LogP contribution >= 0.6 is 11.3 Å². The fraction of sp³-hybridized carbons (Fsp3) is 0.462. The lowest BCUT2D eigenvalue weighted by Gasteiger charge is -2.34. The minimum Gasteiger partial charge on any atom is -0.399 e. The van der Waals surface area contributed by atoms with E-state index in [0.717, 1.165) is 53.8 Å². The quantitative estimate of drug-likeness (QED) is 0.820. The predicted molar refractivity (Wildman–Crippen MR) is 79.8 cm³/mol. The van der Waals surface area contributed by atoms with Crippen molar-refractivity contribution in [1.29, 1.82) is 0 Å². The Morgan fingerprint density at radius 1 is 1.26 bits per heavy atom. The zero-order valence-corrected chi connectivity index (χ0v) is 11.6. The molecule has 0 atom stereocenters. The first-order valence-electron chi connectivity index (χ1n) is 6.50. The number of nitrogen functional groups attached to an aromatic ring is 1. The summed E-state index contributed by atoms with van der Waals surface area (Å²) in [6, 6.07) is 5.86. The van der Waals surface area contributed by atoms with Crippen molar-refractivity contribution in [2.45, 2.75) is 0 Å². The van der Waals surface area contributed by atoms with Crippen LogP contribution in [0.2, 0.25) is 0 Å². The third-order valence-corrected chi connectivity index (χ3v) is 4.54. The molecule has 2 heterocycles. The van der Waals surface area contributed by atoms with Crippen molar-refractivity contribution in [3.05, 3.63) is 18.2 Å². The maximum atomic E-state index is 8.95. The molecule has 0 spiro atoms. The highest BCUT2D eigenvalue weighted by atomic mass is 32.1. The Bertz CT molecular complexity index is 563. The van der Waals surface area contributed by atoms with Crippen LogP contribution in [0.4, 0.5) is 10.8 Å². The molecular weight excluding hydrogens is 260 g/mol. The monoisotopic (exact) mass is 278 g/mol. The number of thiazole rings is 1. The Hall–Kier alpha value is -1.37. The summed E-state index contributed by atoms with van der Waals surface area (Å²) in [5.74, 6) is 0. The van der Waals surface area contributed by atoms with Gasteiger partial charge in [0, 0.05) is 38.4 Å². The highest BCUT2D eigenvalue weighted by molar-refractivity contribution is 7.22. The van der Waals surface area contributed by atoms with Crippen LogP contribution in [0.25, 0.3) is 10.2 Å². The van der Waals surface area contributed by atoms with Gasteiger partial charge in [0.1, 0.15) is 0 Å². The third-order valence-electron chi connectivity index (χ3n) is 3.46. The number of nitrogens with two attached hydrogens (primary N) is 1. The Labute approximate surface area is 116 Å². The summed E-state index contributed by atoms with van der Waals surface area (Å²) in [4.78, 5) is 9.26. The standard InChI is InChI=1S/C13H18N4OS/c14-10-1-2-11-12(9-10)19-13(15-11)17-5-3-16(4-6-17)7-8-18/h1-2,9,18H,3-8,14H2. The number of aliphatic hydroxyl groups is 1. The number of nitrogens with zero attached hydrogens (tertiary/aromatic N) is 3. The van der Waals surface area contributed by atoms with Crippen molar-refractivity contribution in [3.63, 3.8) is 0 Å². The molecule has 1 aromatic heterocycles. The van der Waals surface area contributed by atoms with Crippen LogP contribution in [0.3, 0.4) is 0 Å². The van der Waals surface area contributed by atoms with Gasteiger partial charge >= 0.3 is 0 Å². The number of fused-ring (bicyclic) bond motifs is 1. The largest absolute Gasteiger partial charge is 0.399 e. The summed E-state index contributed by atoms with van der Waals surface area (Å²) in [6.45, 7) is 4.91. The van der Waals surface area contributed by atoms with Gasteiger partial charge in [-0.05, 0) is 18.2 Å². The molecule has 2 aromatic rings. The van der Waals surface area contributed by atoms with E-state index < -0.39 is 0 Å². The highest BCUT2D eigenvalue weighted by Crippen LogP contribution is 2.30. The third kappa shape index (κ3) is 2.65. The fourth-order valence-corrected chi connectivity index (χ4v) is 3.43. The minimum absolute atomic E-state index is 0.237. The number of benzene rings is 1. The molecule has 0 saturated carbocycles. The van der Waals surface area contributed by atoms with E-state index in [1.165, 1.54) is 0 Å². The van der Waals surface area contributed by atoms with Crippen LogP contribution in [-0.4, -0.2) is 54.3 Å². The number of aromatic nitrogens is 1. The fourth-order valence-electron chi connectivity index (χ4n) is 2.37. The van der Waals surface area contributed by atoms with E-state index in [4.69, 9.17) is 10.8 Å². The molecule has 3 N–H and O–H groups in total. The van der Waals surface area contributed by atoms with Gasteiger partial charge in [-0.3, -0.25) is 4.90 Å². The van der Waals surface area contributed by atoms with Crippen LogP contribution in [-0.2, 0) is 0 Å². The summed E-state index contributed by atoms with van der Waals surface area (Å²) in [6.07, 6.45) is 0. The second-order valence-corrected chi connectivity index (χ2v) is 5.78. The first-order chi connectivity index (χ1) is 9.26. The second-order valence-electron chi connectivity index (χ2n) is 4.78. The Morgan fingerprint density at radius 3 is 2.79 bits per heavy atom. The lowest BCUT2D eigenvalue weighted by atomic mass is 10.3. The number of rotatable bonds is 3. The number of anilines is 2. The van der Waals surface area contributed by atoms with E-state index in [1.54, 1.807) is 11.3 Å². The van der Waals surface area contributed by atoms with Crippen molar-refractivity contribution in [3.8, 4) is 0 Å². The van der Waals surface area contributed by atoms with Crippen LogP contribution in [0.1, 0.15) is 0 Å². The number of hydrogen-bond acceptors (Lipinski definition) is 6. The maximum absolute atomic E-state index is 8.95. The summed E-state index contributed by atoms with van der Waals surface area (Å²) in [5, 5.41) is 10.0. The summed E-state index contributed by atoms with van der Waals surface area (Å²) in [7, 11) is 0. The van der Waals surface area contributed by atoms with Crippen molar-refractivity contribution in [2.75, 3.05) is 50.0 Å². The van der Waals surface area contributed by atoms with Crippen LogP contribution < -0.4 is 10.6 Å². The molecular formula is C13H18N4OS. The van der Waals surface area contributed by atoms with E-state index >= 15 is 0 Å². The van der Waals surface area contributed by atoms with Gasteiger partial charge < -0.3 is 15.7 Å². The van der Waals surface area contributed by atoms with Gasteiger partial charge in [-0.15, -0.1) is 0 Å². The van der Waals surface area contributed by atoms with Crippen molar-refractivity contribution < 1.29 is 5.11 Å². The lowest BCUT2D eigenvalue weighted by Crippen LogP contribution is -2.47. The summed E-state index contributed by atoms with van der Waals surface area (Å²) < 4.78 is 1.15. The molecule has 102 valence electrons. The second kappa shape index (κ2) is 5.32. The molecule has 19 heavy (non-hydrogen) atoms. The Balaban J connectivity index is 1.74. The van der Waals surface area contributed by atoms with Crippen molar-refractivity contribution in [2.24, 2.45) is 0 Å². The molecule has 1 aliphatic heterocycles. The van der Waals surface area contributed by atoms with E-state index in [1.807, 2.05) is 18.2 Å².